The van der Waals surface area contributed by atoms with E-state index >= 15 is 0 Å². The molecule has 0 amide bonds. The molecule has 1 aromatic rings. The largest absolute Gasteiger partial charge is 0.462 e. The Hall–Kier alpha value is -1.66. The van der Waals surface area contributed by atoms with E-state index in [1.165, 1.54) is 38.1 Å². The highest BCUT2D eigenvalue weighted by molar-refractivity contribution is 6.26. The van der Waals surface area contributed by atoms with Crippen molar-refractivity contribution in [3.8, 4) is 0 Å². The van der Waals surface area contributed by atoms with Crippen LogP contribution in [0.4, 0.5) is 0 Å². The summed E-state index contributed by atoms with van der Waals surface area (Å²) in [5.74, 6) is -0.895. The van der Waals surface area contributed by atoms with E-state index in [1.54, 1.807) is 24.3 Å². The summed E-state index contributed by atoms with van der Waals surface area (Å²) in [6, 6.07) is 7.93. The maximum absolute atomic E-state index is 12.4. The summed E-state index contributed by atoms with van der Waals surface area (Å²) in [7, 11) is 0.637. The monoisotopic (exact) mass is 432 g/mol. The first-order chi connectivity index (χ1) is 14.8. The molecular weight excluding hydrogens is 396 g/mol. The van der Waals surface area contributed by atoms with E-state index in [0.717, 1.165) is 51.6 Å². The second-order valence-electron chi connectivity index (χ2n) is 7.80. The van der Waals surface area contributed by atoms with Gasteiger partial charge in [-0.2, -0.15) is 0 Å². The fraction of sp³-hybridized carbons (Fsp3) is 0.667. The zero-order chi connectivity index (χ0) is 21.3. The van der Waals surface area contributed by atoms with Crippen molar-refractivity contribution in [2.45, 2.75) is 83.1 Å². The van der Waals surface area contributed by atoms with Crippen molar-refractivity contribution >= 4 is 21.7 Å². The maximum Gasteiger partial charge on any atom is 0.339 e. The Balaban J connectivity index is 1.82. The summed E-state index contributed by atoms with van der Waals surface area (Å²) in [6.07, 6.45) is 13.3. The number of carbonyl (C=O) groups excluding carboxylic acids is 2. The Bertz CT molecular complexity index is 566. The fourth-order valence-electron chi connectivity index (χ4n) is 3.46. The minimum atomic E-state index is -0.449. The average molecular weight is 433 g/mol. The molecule has 1 aliphatic heterocycles. The van der Waals surface area contributed by atoms with Crippen molar-refractivity contribution in [3.05, 3.63) is 35.4 Å². The van der Waals surface area contributed by atoms with Gasteiger partial charge in [-0.25, -0.2) is 9.59 Å². The first kappa shape index (κ1) is 24.6. The van der Waals surface area contributed by atoms with Gasteiger partial charge in [-0.15, -0.1) is 0 Å². The van der Waals surface area contributed by atoms with Crippen molar-refractivity contribution in [3.63, 3.8) is 0 Å². The van der Waals surface area contributed by atoms with Gasteiger partial charge in [0.25, 0.3) is 0 Å². The molecule has 0 saturated carbocycles. The summed E-state index contributed by atoms with van der Waals surface area (Å²) >= 11 is 0. The predicted octanol–water partition coefficient (Wildman–Crippen LogP) is 5.75. The normalized spacial score (nSPS) is 20.3. The van der Waals surface area contributed by atoms with Crippen molar-refractivity contribution in [1.82, 2.24) is 0 Å². The number of fused-ring (bicyclic) bond motifs is 1. The summed E-state index contributed by atoms with van der Waals surface area (Å²) < 4.78 is 16.5. The van der Waals surface area contributed by atoms with Gasteiger partial charge in [0, 0.05) is 6.61 Å². The predicted molar refractivity (Wildman–Crippen MR) is 119 cm³/mol. The van der Waals surface area contributed by atoms with E-state index in [-0.39, 0.29) is 5.56 Å². The van der Waals surface area contributed by atoms with Gasteiger partial charge in [-0.05, 0) is 37.4 Å². The van der Waals surface area contributed by atoms with Gasteiger partial charge in [0.1, 0.15) is 0 Å². The van der Waals surface area contributed by atoms with Gasteiger partial charge in [0.15, 0.2) is 0 Å². The van der Waals surface area contributed by atoms with Gasteiger partial charge >= 0.3 is 11.9 Å². The molecule has 2 radical (unpaired) electrons. The highest BCUT2D eigenvalue weighted by Gasteiger charge is 2.18. The van der Waals surface area contributed by atoms with E-state index < -0.39 is 11.9 Å². The third kappa shape index (κ3) is 10.4. The Morgan fingerprint density at radius 3 is 1.53 bits per heavy atom. The van der Waals surface area contributed by atoms with Crippen molar-refractivity contribution in [1.29, 1.82) is 0 Å². The molecule has 1 aliphatic rings. The lowest BCUT2D eigenvalue weighted by molar-refractivity contribution is 0.0450. The molecule has 6 heteroatoms. The Morgan fingerprint density at radius 2 is 1.00 bits per heavy atom. The summed E-state index contributed by atoms with van der Waals surface area (Å²) in [5, 5.41) is 0. The third-order valence-electron chi connectivity index (χ3n) is 5.25. The van der Waals surface area contributed by atoms with Crippen LogP contribution in [0.1, 0.15) is 97.8 Å². The lowest BCUT2D eigenvalue weighted by Gasteiger charge is -2.10. The SMILES string of the molecule is O=C1OCCCCCCCCO[Si]CCCCCCCCOC(=O)c2ccccc21. The lowest BCUT2D eigenvalue weighted by Crippen LogP contribution is -2.15. The molecule has 166 valence electrons. The number of carbonyl (C=O) groups is 2. The second-order valence-corrected chi connectivity index (χ2v) is 8.88. The van der Waals surface area contributed by atoms with Gasteiger partial charge in [-0.3, -0.25) is 0 Å². The highest BCUT2D eigenvalue weighted by Crippen LogP contribution is 2.14. The molecule has 30 heavy (non-hydrogen) atoms. The molecule has 0 aliphatic carbocycles. The quantitative estimate of drug-likeness (QED) is 0.386. The molecule has 1 heterocycles. The highest BCUT2D eigenvalue weighted by atomic mass is 28.2. The minimum Gasteiger partial charge on any atom is -0.462 e. The summed E-state index contributed by atoms with van der Waals surface area (Å²) in [4.78, 5) is 24.8. The number of benzene rings is 1. The van der Waals surface area contributed by atoms with E-state index in [4.69, 9.17) is 13.9 Å². The van der Waals surface area contributed by atoms with E-state index in [2.05, 4.69) is 0 Å². The second kappa shape index (κ2) is 16.1. The van der Waals surface area contributed by atoms with E-state index in [1.807, 2.05) is 0 Å². The molecule has 0 aromatic heterocycles. The fourth-order valence-corrected chi connectivity index (χ4v) is 4.29. The minimum absolute atomic E-state index is 0.290. The molecule has 0 fully saturated rings. The van der Waals surface area contributed by atoms with E-state index in [9.17, 15) is 9.59 Å². The third-order valence-corrected chi connectivity index (χ3v) is 6.22. The Morgan fingerprint density at radius 1 is 0.567 bits per heavy atom. The number of hydrogen-bond donors (Lipinski definition) is 0. The van der Waals surface area contributed by atoms with Crippen molar-refractivity contribution < 1.29 is 23.5 Å². The van der Waals surface area contributed by atoms with Crippen LogP contribution in [0.25, 0.3) is 0 Å². The summed E-state index contributed by atoms with van der Waals surface area (Å²) in [5.41, 5.74) is 0.581. The van der Waals surface area contributed by atoms with Crippen LogP contribution in [0.15, 0.2) is 24.3 Å². The van der Waals surface area contributed by atoms with Crippen LogP contribution in [0.5, 0.6) is 0 Å². The number of cyclic esters (lactones) is 2. The maximum atomic E-state index is 12.4. The summed E-state index contributed by atoms with van der Waals surface area (Å²) in [6.45, 7) is 1.65. The number of hydrogen-bond acceptors (Lipinski definition) is 5. The average Bonchev–Trinajstić information content (AvgIpc) is 2.76. The molecule has 2 rings (SSSR count). The van der Waals surface area contributed by atoms with Crippen molar-refractivity contribution in [2.75, 3.05) is 19.8 Å². The molecule has 1 aromatic carbocycles. The first-order valence-corrected chi connectivity index (χ1v) is 12.7. The molecule has 0 saturated heterocycles. The smallest absolute Gasteiger partial charge is 0.339 e. The zero-order valence-corrected chi connectivity index (χ0v) is 19.2. The van der Waals surface area contributed by atoms with Crippen LogP contribution in [0.2, 0.25) is 6.04 Å². The number of ether oxygens (including phenoxy) is 2. The van der Waals surface area contributed by atoms with E-state index in [0.29, 0.717) is 28.5 Å². The molecule has 0 bridgehead atoms. The molecule has 0 atom stereocenters. The standard InChI is InChI=1S/C24H36O5Si/c25-23-21-15-9-10-16-22(21)24(26)28-18-12-6-3-4-8-14-20-30-29-19-13-7-2-1-5-11-17-27-23/h9-10,15-16H,1-8,11-14,17-20H2. The Labute approximate surface area is 183 Å². The van der Waals surface area contributed by atoms with Gasteiger partial charge < -0.3 is 13.9 Å². The van der Waals surface area contributed by atoms with Gasteiger partial charge in [0.05, 0.1) is 24.3 Å². The molecule has 0 N–H and O–H groups in total. The van der Waals surface area contributed by atoms with Crippen LogP contribution in [-0.4, -0.2) is 41.5 Å². The lowest BCUT2D eigenvalue weighted by atomic mass is 10.1. The topological polar surface area (TPSA) is 61.8 Å². The zero-order valence-electron chi connectivity index (χ0n) is 18.2. The van der Waals surface area contributed by atoms with Crippen LogP contribution in [0.3, 0.4) is 0 Å². The van der Waals surface area contributed by atoms with Crippen LogP contribution < -0.4 is 0 Å². The number of rotatable bonds is 0. The molecule has 0 unspecified atom stereocenters. The van der Waals surface area contributed by atoms with Crippen molar-refractivity contribution in [2.24, 2.45) is 0 Å². The van der Waals surface area contributed by atoms with Crippen LogP contribution in [0, 0.1) is 0 Å². The molecular formula is C24H36O5Si. The Kier molecular flexibility index (Phi) is 13.2. The molecule has 5 nitrogen and oxygen atoms in total. The first-order valence-electron chi connectivity index (χ1n) is 11.6. The van der Waals surface area contributed by atoms with Gasteiger partial charge in [-0.1, -0.05) is 69.9 Å². The van der Waals surface area contributed by atoms with Crippen LogP contribution >= 0.6 is 0 Å². The molecule has 0 spiro atoms. The van der Waals surface area contributed by atoms with Gasteiger partial charge in [0.2, 0.25) is 9.76 Å². The van der Waals surface area contributed by atoms with Crippen LogP contribution in [-0.2, 0) is 13.9 Å². The number of esters is 2.